The van der Waals surface area contributed by atoms with Crippen LogP contribution in [-0.4, -0.2) is 19.1 Å². The maximum Gasteiger partial charge on any atom is 0.255 e. The summed E-state index contributed by atoms with van der Waals surface area (Å²) >= 11 is 1.59. The number of hydrogen-bond donors (Lipinski definition) is 2. The zero-order valence-corrected chi connectivity index (χ0v) is 18.8. The Balaban J connectivity index is 0.00000289. The van der Waals surface area contributed by atoms with E-state index in [-0.39, 0.29) is 24.1 Å². The summed E-state index contributed by atoms with van der Waals surface area (Å²) in [5.74, 6) is 0.241. The van der Waals surface area contributed by atoms with Crippen molar-refractivity contribution in [1.82, 2.24) is 0 Å². The van der Waals surface area contributed by atoms with E-state index in [0.29, 0.717) is 24.4 Å². The van der Waals surface area contributed by atoms with Crippen molar-refractivity contribution in [3.63, 3.8) is 0 Å². The van der Waals surface area contributed by atoms with Crippen LogP contribution in [-0.2, 0) is 0 Å². The average molecular weight is 469 g/mol. The van der Waals surface area contributed by atoms with Crippen molar-refractivity contribution in [3.05, 3.63) is 94.9 Å². The van der Waals surface area contributed by atoms with Crippen molar-refractivity contribution in [2.45, 2.75) is 0 Å². The number of ether oxygens (including phenoxy) is 1. The fraction of sp³-hybridized carbons (Fsp3) is 0.0800. The Morgan fingerprint density at radius 2 is 1.78 bits per heavy atom. The van der Waals surface area contributed by atoms with Crippen molar-refractivity contribution in [2.24, 2.45) is 0 Å². The summed E-state index contributed by atoms with van der Waals surface area (Å²) in [6, 6.07) is 21.2. The Bertz CT molecular complexity index is 1180. The second kappa shape index (κ2) is 10.9. The van der Waals surface area contributed by atoms with Crippen molar-refractivity contribution in [3.8, 4) is 28.0 Å². The highest BCUT2D eigenvalue weighted by Gasteiger charge is 2.13. The maximum atomic E-state index is 13.2. The number of benzene rings is 3. The van der Waals surface area contributed by atoms with E-state index in [1.54, 1.807) is 29.5 Å². The highest BCUT2D eigenvalue weighted by Crippen LogP contribution is 2.33. The van der Waals surface area contributed by atoms with E-state index in [0.717, 1.165) is 28.0 Å². The molecule has 164 valence electrons. The molecule has 4 N–H and O–H groups in total. The lowest BCUT2D eigenvalue weighted by molar-refractivity contribution is -0.370. The first kappa shape index (κ1) is 23.5. The molecule has 0 radical (unpaired) electrons. The fourth-order valence-electron chi connectivity index (χ4n) is 3.24. The molecule has 1 amide bonds. The van der Waals surface area contributed by atoms with Crippen LogP contribution in [0.25, 0.3) is 22.3 Å². The first-order valence-electron chi connectivity index (χ1n) is 9.90. The van der Waals surface area contributed by atoms with Crippen LogP contribution in [0.2, 0.25) is 0 Å². The Labute approximate surface area is 196 Å². The number of halogens is 2. The topological polar surface area (TPSA) is 66.0 Å². The van der Waals surface area contributed by atoms with Gasteiger partial charge in [0.05, 0.1) is 0 Å². The Kier molecular flexibility index (Phi) is 8.00. The Morgan fingerprint density at radius 3 is 2.50 bits per heavy atom. The minimum Gasteiger partial charge on any atom is -1.00 e. The van der Waals surface area contributed by atoms with Crippen LogP contribution in [0.1, 0.15) is 10.4 Å². The van der Waals surface area contributed by atoms with E-state index in [2.05, 4.69) is 11.1 Å². The monoisotopic (exact) mass is 468 g/mol. The molecular weight excluding hydrogens is 447 g/mol. The van der Waals surface area contributed by atoms with E-state index in [1.807, 2.05) is 53.2 Å². The normalized spacial score (nSPS) is 10.3. The lowest BCUT2D eigenvalue weighted by Crippen LogP contribution is -3.00. The average Bonchev–Trinajstić information content (AvgIpc) is 3.33. The largest absolute Gasteiger partial charge is 1.00 e. The predicted molar refractivity (Wildman–Crippen MR) is 123 cm³/mol. The van der Waals surface area contributed by atoms with Crippen LogP contribution in [0, 0.1) is 5.82 Å². The summed E-state index contributed by atoms with van der Waals surface area (Å²) in [6.45, 7) is 1.18. The molecule has 0 bridgehead atoms. The molecule has 32 heavy (non-hydrogen) atoms. The maximum absolute atomic E-state index is 13.2. The highest BCUT2D eigenvalue weighted by molar-refractivity contribution is 7.08. The Morgan fingerprint density at radius 1 is 0.969 bits per heavy atom. The number of rotatable bonds is 7. The number of carbonyl (C=O) groups excluding carboxylic acids is 1. The molecule has 4 aromatic rings. The van der Waals surface area contributed by atoms with Gasteiger partial charge in [-0.1, -0.05) is 24.3 Å². The van der Waals surface area contributed by atoms with Crippen molar-refractivity contribution in [1.29, 1.82) is 0 Å². The van der Waals surface area contributed by atoms with Crippen LogP contribution in [0.4, 0.5) is 10.1 Å². The minimum absolute atomic E-state index is 0. The standard InChI is InChI=1S/C25H21FN2O2S.ClH/c26-21-7-4-17(5-8-21)18-2-1-3-22(14-18)28-25(29)19-6-9-24(30-12-11-27)23(15-19)20-10-13-31-16-20;/h1-10,13-16H,11-12,27H2,(H,28,29);1H. The van der Waals surface area contributed by atoms with Crippen molar-refractivity contribution >= 4 is 22.9 Å². The molecule has 1 heterocycles. The lowest BCUT2D eigenvalue weighted by atomic mass is 10.0. The van der Waals surface area contributed by atoms with E-state index in [9.17, 15) is 9.18 Å². The number of thiophene rings is 1. The molecule has 4 nitrogen and oxygen atoms in total. The van der Waals surface area contributed by atoms with Gasteiger partial charge in [0.1, 0.15) is 24.7 Å². The summed E-state index contributed by atoms with van der Waals surface area (Å²) in [4.78, 5) is 12.9. The molecule has 0 aliphatic rings. The van der Waals surface area contributed by atoms with Crippen molar-refractivity contribution in [2.75, 3.05) is 18.5 Å². The molecule has 7 heteroatoms. The van der Waals surface area contributed by atoms with Gasteiger partial charge in [0.15, 0.2) is 0 Å². The number of nitrogens with one attached hydrogen (secondary N) is 1. The zero-order valence-electron chi connectivity index (χ0n) is 17.2. The molecule has 1 aromatic heterocycles. The Hall–Kier alpha value is -3.19. The van der Waals surface area contributed by atoms with Crippen LogP contribution in [0.15, 0.2) is 83.6 Å². The van der Waals surface area contributed by atoms with E-state index in [1.165, 1.54) is 12.1 Å². The van der Waals surface area contributed by atoms with E-state index < -0.39 is 0 Å². The third-order valence-corrected chi connectivity index (χ3v) is 5.46. The third kappa shape index (κ3) is 5.53. The first-order chi connectivity index (χ1) is 15.1. The van der Waals surface area contributed by atoms with Gasteiger partial charge in [-0.2, -0.15) is 11.3 Å². The van der Waals surface area contributed by atoms with Gasteiger partial charge in [0.2, 0.25) is 0 Å². The number of amides is 1. The number of quaternary nitrogens is 1. The molecule has 0 atom stereocenters. The molecule has 0 saturated carbocycles. The smallest absolute Gasteiger partial charge is 0.255 e. The molecule has 0 unspecified atom stereocenters. The van der Waals surface area contributed by atoms with Gasteiger partial charge in [-0.05, 0) is 76.0 Å². The van der Waals surface area contributed by atoms with Gasteiger partial charge in [0.25, 0.3) is 5.91 Å². The first-order valence-corrected chi connectivity index (χ1v) is 10.8. The predicted octanol–water partition coefficient (Wildman–Crippen LogP) is 2.10. The molecule has 3 aromatic carbocycles. The molecule has 0 spiro atoms. The number of carbonyl (C=O) groups is 1. The fourth-order valence-corrected chi connectivity index (χ4v) is 3.90. The van der Waals surface area contributed by atoms with Crippen LogP contribution >= 0.6 is 11.3 Å². The van der Waals surface area contributed by atoms with Crippen LogP contribution < -0.4 is 28.2 Å². The molecule has 0 fully saturated rings. The van der Waals surface area contributed by atoms with Crippen molar-refractivity contribution < 1.29 is 32.1 Å². The third-order valence-electron chi connectivity index (χ3n) is 4.77. The second-order valence-electron chi connectivity index (χ2n) is 6.97. The quantitative estimate of drug-likeness (QED) is 0.436. The molecule has 0 saturated heterocycles. The summed E-state index contributed by atoms with van der Waals surface area (Å²) in [7, 11) is 0. The van der Waals surface area contributed by atoms with Gasteiger partial charge >= 0.3 is 0 Å². The van der Waals surface area contributed by atoms with Gasteiger partial charge in [0, 0.05) is 16.8 Å². The van der Waals surface area contributed by atoms with Crippen LogP contribution in [0.5, 0.6) is 5.75 Å². The molecule has 0 aliphatic heterocycles. The number of hydrogen-bond acceptors (Lipinski definition) is 3. The zero-order chi connectivity index (χ0) is 21.6. The van der Waals surface area contributed by atoms with E-state index >= 15 is 0 Å². The minimum atomic E-state index is -0.280. The van der Waals surface area contributed by atoms with E-state index in [4.69, 9.17) is 4.74 Å². The van der Waals surface area contributed by atoms with Crippen LogP contribution in [0.3, 0.4) is 0 Å². The number of anilines is 1. The summed E-state index contributed by atoms with van der Waals surface area (Å²) in [6.07, 6.45) is 0. The molecular formula is C25H22ClFN2O2S. The van der Waals surface area contributed by atoms with Gasteiger partial charge < -0.3 is 28.2 Å². The second-order valence-corrected chi connectivity index (χ2v) is 7.75. The summed E-state index contributed by atoms with van der Waals surface area (Å²) in [5.41, 5.74) is 8.68. The highest BCUT2D eigenvalue weighted by atomic mass is 35.5. The van der Waals surface area contributed by atoms with Gasteiger partial charge in [-0.25, -0.2) is 4.39 Å². The van der Waals surface area contributed by atoms with Gasteiger partial charge in [-0.3, -0.25) is 4.79 Å². The lowest BCUT2D eigenvalue weighted by Gasteiger charge is -2.12. The summed E-state index contributed by atoms with van der Waals surface area (Å²) in [5, 5.41) is 6.98. The molecule has 4 rings (SSSR count). The van der Waals surface area contributed by atoms with Gasteiger partial charge in [-0.15, -0.1) is 0 Å². The SMILES string of the molecule is [Cl-].[NH3+]CCOc1ccc(C(=O)Nc2cccc(-c3ccc(F)cc3)c2)cc1-c1ccsc1. The summed E-state index contributed by atoms with van der Waals surface area (Å²) < 4.78 is 19.0. The molecule has 0 aliphatic carbocycles.